The Balaban J connectivity index is 2.18. The van der Waals surface area contributed by atoms with Crippen LogP contribution in [0.1, 0.15) is 17.2 Å². The molecule has 0 amide bonds. The molecule has 1 aliphatic rings. The number of esters is 1. The van der Waals surface area contributed by atoms with Crippen LogP contribution >= 0.6 is 11.8 Å². The van der Waals surface area contributed by atoms with E-state index in [1.165, 1.54) is 12.7 Å². The summed E-state index contributed by atoms with van der Waals surface area (Å²) in [5, 5.41) is 0.277. The van der Waals surface area contributed by atoms with Crippen LogP contribution in [0.15, 0.2) is 30.3 Å². The van der Waals surface area contributed by atoms with Crippen LogP contribution in [0.2, 0.25) is 0 Å². The second kappa shape index (κ2) is 4.71. The minimum absolute atomic E-state index is 0.0300. The molecule has 2 atom stereocenters. The highest BCUT2D eigenvalue weighted by molar-refractivity contribution is 7.99. The van der Waals surface area contributed by atoms with E-state index in [0.717, 1.165) is 12.2 Å². The first kappa shape index (κ1) is 10.6. The van der Waals surface area contributed by atoms with Gasteiger partial charge in [0.15, 0.2) is 0 Å². The van der Waals surface area contributed by atoms with E-state index in [0.29, 0.717) is 0 Å². The fourth-order valence-electron chi connectivity index (χ4n) is 1.95. The zero-order valence-corrected chi connectivity index (χ0v) is 9.50. The van der Waals surface area contributed by atoms with Gasteiger partial charge >= 0.3 is 5.97 Å². The van der Waals surface area contributed by atoms with Crippen molar-refractivity contribution in [3.63, 3.8) is 0 Å². The fourth-order valence-corrected chi connectivity index (χ4v) is 3.43. The molecule has 1 aromatic rings. The Hall–Kier alpha value is -0.960. The molecule has 1 aliphatic heterocycles. The van der Waals surface area contributed by atoms with Crippen molar-refractivity contribution in [1.29, 1.82) is 0 Å². The topological polar surface area (TPSA) is 26.3 Å². The van der Waals surface area contributed by atoms with Gasteiger partial charge in [0.1, 0.15) is 0 Å². The lowest BCUT2D eigenvalue weighted by Crippen LogP contribution is -2.18. The number of ether oxygens (including phenoxy) is 1. The quantitative estimate of drug-likeness (QED) is 0.720. The number of rotatable bonds is 2. The Morgan fingerprint density at radius 3 is 2.80 bits per heavy atom. The number of carbonyl (C=O) groups excluding carboxylic acids is 1. The van der Waals surface area contributed by atoms with Gasteiger partial charge in [-0.15, -0.1) is 0 Å². The molecule has 0 aromatic heterocycles. The van der Waals surface area contributed by atoms with Crippen molar-refractivity contribution >= 4 is 17.7 Å². The van der Waals surface area contributed by atoms with Crippen LogP contribution in [0.5, 0.6) is 0 Å². The summed E-state index contributed by atoms with van der Waals surface area (Å²) < 4.78 is 4.83. The SMILES string of the molecule is COC(=O)[C@@H]1CCS[C@H]1c1ccccc1. The Labute approximate surface area is 94.0 Å². The maximum atomic E-state index is 11.6. The molecule has 0 unspecified atom stereocenters. The van der Waals surface area contributed by atoms with Gasteiger partial charge in [0, 0.05) is 5.25 Å². The van der Waals surface area contributed by atoms with Crippen LogP contribution in [-0.2, 0) is 9.53 Å². The van der Waals surface area contributed by atoms with Gasteiger partial charge in [0.2, 0.25) is 0 Å². The van der Waals surface area contributed by atoms with Crippen molar-refractivity contribution in [2.24, 2.45) is 5.92 Å². The average Bonchev–Trinajstić information content (AvgIpc) is 2.78. The molecule has 0 N–H and O–H groups in total. The summed E-state index contributed by atoms with van der Waals surface area (Å²) in [6, 6.07) is 10.2. The minimum Gasteiger partial charge on any atom is -0.469 e. The largest absolute Gasteiger partial charge is 0.469 e. The minimum atomic E-state index is -0.0751. The Bertz CT molecular complexity index is 337. The number of hydrogen-bond donors (Lipinski definition) is 0. The van der Waals surface area contributed by atoms with E-state index in [9.17, 15) is 4.79 Å². The van der Waals surface area contributed by atoms with Crippen molar-refractivity contribution < 1.29 is 9.53 Å². The van der Waals surface area contributed by atoms with Gasteiger partial charge in [0.05, 0.1) is 13.0 Å². The second-order valence-electron chi connectivity index (χ2n) is 3.62. The van der Waals surface area contributed by atoms with Gasteiger partial charge in [0.25, 0.3) is 0 Å². The fraction of sp³-hybridized carbons (Fsp3) is 0.417. The molecule has 1 saturated heterocycles. The van der Waals surface area contributed by atoms with Crippen LogP contribution in [0.4, 0.5) is 0 Å². The van der Waals surface area contributed by atoms with Crippen molar-refractivity contribution in [1.82, 2.24) is 0 Å². The summed E-state index contributed by atoms with van der Waals surface area (Å²) >= 11 is 1.85. The van der Waals surface area contributed by atoms with Crippen LogP contribution in [0, 0.1) is 5.92 Å². The smallest absolute Gasteiger partial charge is 0.310 e. The van der Waals surface area contributed by atoms with Gasteiger partial charge in [-0.2, -0.15) is 11.8 Å². The summed E-state index contributed by atoms with van der Waals surface area (Å²) in [5.74, 6) is 0.996. The van der Waals surface area contributed by atoms with Crippen LogP contribution in [0.25, 0.3) is 0 Å². The molecule has 0 spiro atoms. The zero-order chi connectivity index (χ0) is 10.7. The number of hydrogen-bond acceptors (Lipinski definition) is 3. The lowest BCUT2D eigenvalue weighted by molar-refractivity contribution is -0.145. The Kier molecular flexibility index (Phi) is 3.31. The molecule has 0 bridgehead atoms. The van der Waals surface area contributed by atoms with Gasteiger partial charge in [-0.05, 0) is 17.7 Å². The lowest BCUT2D eigenvalue weighted by atomic mass is 9.97. The van der Waals surface area contributed by atoms with E-state index in [4.69, 9.17) is 4.74 Å². The predicted octanol–water partition coefficient (Wildman–Crippen LogP) is 2.65. The molecule has 2 rings (SSSR count). The zero-order valence-electron chi connectivity index (χ0n) is 8.68. The van der Waals surface area contributed by atoms with E-state index in [2.05, 4.69) is 12.1 Å². The molecule has 2 nitrogen and oxygen atoms in total. The van der Waals surface area contributed by atoms with Crippen LogP contribution < -0.4 is 0 Å². The van der Waals surface area contributed by atoms with Crippen molar-refractivity contribution in [3.8, 4) is 0 Å². The Morgan fingerprint density at radius 1 is 1.40 bits per heavy atom. The maximum absolute atomic E-state index is 11.6. The van der Waals surface area contributed by atoms with Crippen molar-refractivity contribution in [3.05, 3.63) is 35.9 Å². The molecular weight excluding hydrogens is 208 g/mol. The molecular formula is C12H14O2S. The number of methoxy groups -OCH3 is 1. The summed E-state index contributed by atoms with van der Waals surface area (Å²) in [6.07, 6.45) is 0.927. The second-order valence-corrected chi connectivity index (χ2v) is 4.87. The lowest BCUT2D eigenvalue weighted by Gasteiger charge is -2.16. The first-order chi connectivity index (χ1) is 7.33. The van der Waals surface area contributed by atoms with E-state index in [1.807, 2.05) is 30.0 Å². The highest BCUT2D eigenvalue weighted by Crippen LogP contribution is 2.44. The molecule has 1 fully saturated rings. The molecule has 0 aliphatic carbocycles. The first-order valence-electron chi connectivity index (χ1n) is 5.07. The van der Waals surface area contributed by atoms with Crippen molar-refractivity contribution in [2.75, 3.05) is 12.9 Å². The summed E-state index contributed by atoms with van der Waals surface area (Å²) in [4.78, 5) is 11.6. The summed E-state index contributed by atoms with van der Waals surface area (Å²) in [5.41, 5.74) is 1.23. The standard InChI is InChI=1S/C12H14O2S/c1-14-12(13)10-7-8-15-11(10)9-5-3-2-4-6-9/h2-6,10-11H,7-8H2,1H3/t10-,11+/m1/s1. The molecule has 0 radical (unpaired) electrons. The molecule has 3 heteroatoms. The number of carbonyl (C=O) groups is 1. The van der Waals surface area contributed by atoms with E-state index < -0.39 is 0 Å². The highest BCUT2D eigenvalue weighted by Gasteiger charge is 2.35. The average molecular weight is 222 g/mol. The Morgan fingerprint density at radius 2 is 2.13 bits per heavy atom. The van der Waals surface area contributed by atoms with Crippen LogP contribution in [0.3, 0.4) is 0 Å². The monoisotopic (exact) mass is 222 g/mol. The van der Waals surface area contributed by atoms with E-state index >= 15 is 0 Å². The molecule has 80 valence electrons. The van der Waals surface area contributed by atoms with Gasteiger partial charge in [-0.25, -0.2) is 0 Å². The van der Waals surface area contributed by atoms with E-state index in [1.54, 1.807) is 0 Å². The number of thioether (sulfide) groups is 1. The van der Waals surface area contributed by atoms with Gasteiger partial charge in [-0.1, -0.05) is 30.3 Å². The third kappa shape index (κ3) is 2.17. The molecule has 0 saturated carbocycles. The summed E-state index contributed by atoms with van der Waals surface area (Å²) in [7, 11) is 1.47. The normalized spacial score (nSPS) is 25.1. The van der Waals surface area contributed by atoms with Gasteiger partial charge in [-0.3, -0.25) is 4.79 Å². The van der Waals surface area contributed by atoms with E-state index in [-0.39, 0.29) is 17.1 Å². The first-order valence-corrected chi connectivity index (χ1v) is 6.12. The maximum Gasteiger partial charge on any atom is 0.310 e. The van der Waals surface area contributed by atoms with Crippen LogP contribution in [-0.4, -0.2) is 18.8 Å². The summed E-state index contributed by atoms with van der Waals surface area (Å²) in [6.45, 7) is 0. The third-order valence-electron chi connectivity index (χ3n) is 2.72. The third-order valence-corrected chi connectivity index (χ3v) is 4.15. The molecule has 1 heterocycles. The molecule has 1 aromatic carbocycles. The molecule has 15 heavy (non-hydrogen) atoms. The highest BCUT2D eigenvalue weighted by atomic mass is 32.2. The predicted molar refractivity (Wildman–Crippen MR) is 61.8 cm³/mol. The van der Waals surface area contributed by atoms with Crippen molar-refractivity contribution in [2.45, 2.75) is 11.7 Å². The van der Waals surface area contributed by atoms with Gasteiger partial charge < -0.3 is 4.74 Å². The number of benzene rings is 1.